The maximum absolute atomic E-state index is 13.5. The Balaban J connectivity index is 2.08. The Labute approximate surface area is 121 Å². The SMILES string of the molecule is Cc1ccc(NCC(O)c2cc(F)ccc2F)c(Cl)c1. The summed E-state index contributed by atoms with van der Waals surface area (Å²) in [7, 11) is 0. The van der Waals surface area contributed by atoms with Gasteiger partial charge in [0.1, 0.15) is 11.6 Å². The minimum atomic E-state index is -1.16. The number of hydrogen-bond donors (Lipinski definition) is 2. The van der Waals surface area contributed by atoms with Crippen LogP contribution in [0.4, 0.5) is 14.5 Å². The predicted octanol–water partition coefficient (Wildman–Crippen LogP) is 4.07. The summed E-state index contributed by atoms with van der Waals surface area (Å²) in [6.07, 6.45) is -1.16. The van der Waals surface area contributed by atoms with E-state index >= 15 is 0 Å². The van der Waals surface area contributed by atoms with Crippen molar-refractivity contribution in [3.63, 3.8) is 0 Å². The Hall–Kier alpha value is -1.65. The fourth-order valence-electron chi connectivity index (χ4n) is 1.85. The molecule has 2 aromatic carbocycles. The molecule has 0 spiro atoms. The van der Waals surface area contributed by atoms with E-state index in [-0.39, 0.29) is 12.1 Å². The third-order valence-electron chi connectivity index (χ3n) is 2.93. The monoisotopic (exact) mass is 297 g/mol. The van der Waals surface area contributed by atoms with Crippen LogP contribution in [-0.2, 0) is 0 Å². The van der Waals surface area contributed by atoms with Crippen LogP contribution in [0.3, 0.4) is 0 Å². The second-order valence-electron chi connectivity index (χ2n) is 4.55. The Bertz CT molecular complexity index is 619. The highest BCUT2D eigenvalue weighted by atomic mass is 35.5. The van der Waals surface area contributed by atoms with Crippen molar-refractivity contribution in [2.24, 2.45) is 0 Å². The molecular weight excluding hydrogens is 284 g/mol. The maximum Gasteiger partial charge on any atom is 0.129 e. The van der Waals surface area contributed by atoms with E-state index in [9.17, 15) is 13.9 Å². The van der Waals surface area contributed by atoms with Crippen LogP contribution in [0.2, 0.25) is 5.02 Å². The third-order valence-corrected chi connectivity index (χ3v) is 3.24. The highest BCUT2D eigenvalue weighted by molar-refractivity contribution is 6.33. The van der Waals surface area contributed by atoms with Gasteiger partial charge < -0.3 is 10.4 Å². The van der Waals surface area contributed by atoms with Crippen molar-refractivity contribution in [3.05, 3.63) is 64.2 Å². The minimum Gasteiger partial charge on any atom is -0.386 e. The molecule has 0 amide bonds. The first kappa shape index (κ1) is 14.8. The normalized spacial score (nSPS) is 12.2. The number of nitrogens with one attached hydrogen (secondary N) is 1. The van der Waals surface area contributed by atoms with Gasteiger partial charge in [-0.2, -0.15) is 0 Å². The largest absolute Gasteiger partial charge is 0.386 e. The number of benzene rings is 2. The van der Waals surface area contributed by atoms with E-state index in [1.807, 2.05) is 13.0 Å². The molecule has 0 radical (unpaired) electrons. The molecule has 0 fully saturated rings. The lowest BCUT2D eigenvalue weighted by Gasteiger charge is -2.15. The number of anilines is 1. The molecule has 1 unspecified atom stereocenters. The average molecular weight is 298 g/mol. The molecule has 0 aliphatic rings. The maximum atomic E-state index is 13.5. The Morgan fingerprint density at radius 1 is 1.20 bits per heavy atom. The second kappa shape index (κ2) is 6.20. The third kappa shape index (κ3) is 3.46. The van der Waals surface area contributed by atoms with Crippen LogP contribution in [0.1, 0.15) is 17.2 Å². The number of aryl methyl sites for hydroxylation is 1. The predicted molar refractivity (Wildman–Crippen MR) is 76.0 cm³/mol. The molecule has 2 N–H and O–H groups in total. The lowest BCUT2D eigenvalue weighted by atomic mass is 10.1. The van der Waals surface area contributed by atoms with E-state index < -0.39 is 17.7 Å². The summed E-state index contributed by atoms with van der Waals surface area (Å²) in [6, 6.07) is 8.40. The van der Waals surface area contributed by atoms with Crippen LogP contribution in [0.15, 0.2) is 36.4 Å². The molecule has 2 nitrogen and oxygen atoms in total. The topological polar surface area (TPSA) is 32.3 Å². The molecule has 0 aliphatic heterocycles. The number of aliphatic hydroxyl groups excluding tert-OH is 1. The van der Waals surface area contributed by atoms with Crippen LogP contribution >= 0.6 is 11.6 Å². The molecule has 2 aromatic rings. The summed E-state index contributed by atoms with van der Waals surface area (Å²) in [5.41, 5.74) is 1.56. The van der Waals surface area contributed by atoms with Crippen molar-refractivity contribution in [1.82, 2.24) is 0 Å². The van der Waals surface area contributed by atoms with E-state index in [2.05, 4.69) is 5.32 Å². The highest BCUT2D eigenvalue weighted by Crippen LogP contribution is 2.24. The summed E-state index contributed by atoms with van der Waals surface area (Å²) in [4.78, 5) is 0. The van der Waals surface area contributed by atoms with Gasteiger partial charge in [0.25, 0.3) is 0 Å². The summed E-state index contributed by atoms with van der Waals surface area (Å²) in [6.45, 7) is 1.94. The first-order chi connectivity index (χ1) is 9.47. The molecular formula is C15H14ClF2NO. The minimum absolute atomic E-state index is 0.0309. The molecule has 0 aliphatic carbocycles. The van der Waals surface area contributed by atoms with Crippen molar-refractivity contribution in [2.75, 3.05) is 11.9 Å². The fraction of sp³-hybridized carbons (Fsp3) is 0.200. The molecule has 0 aromatic heterocycles. The Morgan fingerprint density at radius 3 is 2.65 bits per heavy atom. The fourth-order valence-corrected chi connectivity index (χ4v) is 2.15. The molecule has 1 atom stereocenters. The van der Waals surface area contributed by atoms with Crippen molar-refractivity contribution < 1.29 is 13.9 Å². The van der Waals surface area contributed by atoms with Gasteiger partial charge in [-0.15, -0.1) is 0 Å². The number of halogens is 3. The van der Waals surface area contributed by atoms with E-state index in [1.54, 1.807) is 12.1 Å². The van der Waals surface area contributed by atoms with Gasteiger partial charge in [0, 0.05) is 12.1 Å². The standard InChI is InChI=1S/C15H14ClF2NO/c1-9-2-5-14(12(16)6-9)19-8-15(20)11-7-10(17)3-4-13(11)18/h2-7,15,19-20H,8H2,1H3. The molecule has 5 heteroatoms. The van der Waals surface area contributed by atoms with Crippen LogP contribution in [-0.4, -0.2) is 11.7 Å². The molecule has 0 bridgehead atoms. The molecule has 0 saturated carbocycles. The summed E-state index contributed by atoms with van der Waals surface area (Å²) < 4.78 is 26.6. The quantitative estimate of drug-likeness (QED) is 0.891. The van der Waals surface area contributed by atoms with Crippen LogP contribution in [0.25, 0.3) is 0 Å². The van der Waals surface area contributed by atoms with E-state index in [4.69, 9.17) is 11.6 Å². The molecule has 20 heavy (non-hydrogen) atoms. The zero-order valence-corrected chi connectivity index (χ0v) is 11.6. The summed E-state index contributed by atoms with van der Waals surface area (Å²) >= 11 is 6.04. The van der Waals surface area contributed by atoms with Crippen molar-refractivity contribution in [1.29, 1.82) is 0 Å². The molecule has 0 heterocycles. The zero-order valence-electron chi connectivity index (χ0n) is 10.8. The number of hydrogen-bond acceptors (Lipinski definition) is 2. The van der Waals surface area contributed by atoms with Gasteiger partial charge in [-0.3, -0.25) is 0 Å². The van der Waals surface area contributed by atoms with E-state index in [0.717, 1.165) is 23.8 Å². The van der Waals surface area contributed by atoms with Gasteiger partial charge in [0.15, 0.2) is 0 Å². The van der Waals surface area contributed by atoms with Crippen LogP contribution in [0, 0.1) is 18.6 Å². The van der Waals surface area contributed by atoms with E-state index in [0.29, 0.717) is 10.7 Å². The van der Waals surface area contributed by atoms with Crippen molar-refractivity contribution >= 4 is 17.3 Å². The van der Waals surface area contributed by atoms with Gasteiger partial charge in [0.05, 0.1) is 16.8 Å². The van der Waals surface area contributed by atoms with Gasteiger partial charge in [0.2, 0.25) is 0 Å². The summed E-state index contributed by atoms with van der Waals surface area (Å²) in [5, 5.41) is 13.3. The van der Waals surface area contributed by atoms with Crippen molar-refractivity contribution in [2.45, 2.75) is 13.0 Å². The van der Waals surface area contributed by atoms with Crippen molar-refractivity contribution in [3.8, 4) is 0 Å². The second-order valence-corrected chi connectivity index (χ2v) is 4.95. The van der Waals surface area contributed by atoms with Gasteiger partial charge in [-0.25, -0.2) is 8.78 Å². The number of rotatable bonds is 4. The Kier molecular flexibility index (Phi) is 4.57. The first-order valence-electron chi connectivity index (χ1n) is 6.10. The molecule has 106 valence electrons. The lowest BCUT2D eigenvalue weighted by molar-refractivity contribution is 0.186. The van der Waals surface area contributed by atoms with Gasteiger partial charge >= 0.3 is 0 Å². The molecule has 2 rings (SSSR count). The van der Waals surface area contributed by atoms with Gasteiger partial charge in [-0.1, -0.05) is 17.7 Å². The molecule has 0 saturated heterocycles. The first-order valence-corrected chi connectivity index (χ1v) is 6.48. The smallest absolute Gasteiger partial charge is 0.129 e. The zero-order chi connectivity index (χ0) is 14.7. The summed E-state index contributed by atoms with van der Waals surface area (Å²) in [5.74, 6) is -1.23. The number of aliphatic hydroxyl groups is 1. The van der Waals surface area contributed by atoms with Gasteiger partial charge in [-0.05, 0) is 42.8 Å². The van der Waals surface area contributed by atoms with E-state index in [1.165, 1.54) is 0 Å². The lowest BCUT2D eigenvalue weighted by Crippen LogP contribution is -2.14. The van der Waals surface area contributed by atoms with Crippen LogP contribution < -0.4 is 5.32 Å². The average Bonchev–Trinajstić information content (AvgIpc) is 2.40. The highest BCUT2D eigenvalue weighted by Gasteiger charge is 2.14. The Morgan fingerprint density at radius 2 is 1.95 bits per heavy atom. The van der Waals surface area contributed by atoms with Crippen LogP contribution in [0.5, 0.6) is 0 Å².